The van der Waals surface area contributed by atoms with Crippen LogP contribution in [0.2, 0.25) is 10.0 Å². The van der Waals surface area contributed by atoms with Gasteiger partial charge >= 0.3 is 0 Å². The standard InChI is InChI=1S/C14H13Cl2NO/c1-9-10(3-2-4-14(9)17)8-18-11-5-6-12(15)13(16)7-11/h2-7H,8,17H2,1H3. The molecular formula is C14H13Cl2NO. The van der Waals surface area contributed by atoms with Crippen LogP contribution >= 0.6 is 23.2 Å². The molecule has 2 nitrogen and oxygen atoms in total. The van der Waals surface area contributed by atoms with Crippen molar-refractivity contribution in [1.82, 2.24) is 0 Å². The van der Waals surface area contributed by atoms with Crippen LogP contribution in [0.4, 0.5) is 5.69 Å². The Hall–Kier alpha value is -1.38. The van der Waals surface area contributed by atoms with Crippen molar-refractivity contribution in [1.29, 1.82) is 0 Å². The number of ether oxygens (including phenoxy) is 1. The van der Waals surface area contributed by atoms with E-state index in [1.807, 2.05) is 25.1 Å². The number of hydrogen-bond acceptors (Lipinski definition) is 2. The minimum absolute atomic E-state index is 0.453. The summed E-state index contributed by atoms with van der Waals surface area (Å²) in [6.07, 6.45) is 0. The number of benzene rings is 2. The summed E-state index contributed by atoms with van der Waals surface area (Å²) in [4.78, 5) is 0. The number of anilines is 1. The highest BCUT2D eigenvalue weighted by atomic mass is 35.5. The van der Waals surface area contributed by atoms with E-state index < -0.39 is 0 Å². The average Bonchev–Trinajstić information content (AvgIpc) is 2.35. The van der Waals surface area contributed by atoms with Gasteiger partial charge in [0.05, 0.1) is 10.0 Å². The zero-order valence-corrected chi connectivity index (χ0v) is 11.4. The zero-order valence-electron chi connectivity index (χ0n) is 9.91. The highest BCUT2D eigenvalue weighted by molar-refractivity contribution is 6.42. The van der Waals surface area contributed by atoms with Crippen molar-refractivity contribution < 1.29 is 4.74 Å². The first kappa shape index (κ1) is 13.1. The Kier molecular flexibility index (Phi) is 4.00. The second-order valence-corrected chi connectivity index (χ2v) is 4.81. The van der Waals surface area contributed by atoms with E-state index in [2.05, 4.69) is 0 Å². The van der Waals surface area contributed by atoms with Crippen molar-refractivity contribution in [3.63, 3.8) is 0 Å². The SMILES string of the molecule is Cc1c(N)cccc1COc1ccc(Cl)c(Cl)c1. The quantitative estimate of drug-likeness (QED) is 0.843. The lowest BCUT2D eigenvalue weighted by molar-refractivity contribution is 0.305. The molecule has 0 bridgehead atoms. The van der Waals surface area contributed by atoms with Crippen LogP contribution in [0.1, 0.15) is 11.1 Å². The summed E-state index contributed by atoms with van der Waals surface area (Å²) in [7, 11) is 0. The summed E-state index contributed by atoms with van der Waals surface area (Å²) in [6.45, 7) is 2.43. The molecule has 2 aromatic rings. The fourth-order valence-corrected chi connectivity index (χ4v) is 1.88. The Morgan fingerprint density at radius 2 is 1.89 bits per heavy atom. The van der Waals surface area contributed by atoms with Crippen LogP contribution < -0.4 is 10.5 Å². The average molecular weight is 282 g/mol. The molecule has 0 aliphatic heterocycles. The molecule has 0 unspecified atom stereocenters. The molecule has 0 aliphatic rings. The van der Waals surface area contributed by atoms with E-state index in [-0.39, 0.29) is 0 Å². The third kappa shape index (κ3) is 2.89. The van der Waals surface area contributed by atoms with Crippen molar-refractivity contribution in [3.05, 3.63) is 57.6 Å². The van der Waals surface area contributed by atoms with Gasteiger partial charge in [-0.2, -0.15) is 0 Å². The van der Waals surface area contributed by atoms with Gasteiger partial charge in [0, 0.05) is 11.8 Å². The van der Waals surface area contributed by atoms with Gasteiger partial charge < -0.3 is 10.5 Å². The number of hydrogen-bond donors (Lipinski definition) is 1. The molecule has 0 saturated heterocycles. The molecule has 4 heteroatoms. The van der Waals surface area contributed by atoms with E-state index in [4.69, 9.17) is 33.7 Å². The van der Waals surface area contributed by atoms with E-state index in [0.29, 0.717) is 22.4 Å². The van der Waals surface area contributed by atoms with Crippen LogP contribution in [0.15, 0.2) is 36.4 Å². The van der Waals surface area contributed by atoms with Crippen molar-refractivity contribution >= 4 is 28.9 Å². The first-order valence-electron chi connectivity index (χ1n) is 5.50. The third-order valence-electron chi connectivity index (χ3n) is 2.77. The Morgan fingerprint density at radius 1 is 1.11 bits per heavy atom. The summed E-state index contributed by atoms with van der Waals surface area (Å²) in [5.41, 5.74) is 8.70. The Balaban J connectivity index is 2.11. The zero-order chi connectivity index (χ0) is 13.1. The number of rotatable bonds is 3. The molecule has 2 N–H and O–H groups in total. The van der Waals surface area contributed by atoms with Gasteiger partial charge in [-0.15, -0.1) is 0 Å². The van der Waals surface area contributed by atoms with Gasteiger partial charge in [0.25, 0.3) is 0 Å². The number of halogens is 2. The summed E-state index contributed by atoms with van der Waals surface area (Å²) in [6, 6.07) is 11.0. The van der Waals surface area contributed by atoms with Gasteiger partial charge in [-0.05, 0) is 36.2 Å². The molecule has 18 heavy (non-hydrogen) atoms. The molecule has 0 aliphatic carbocycles. The molecule has 0 spiro atoms. The summed E-state index contributed by atoms with van der Waals surface area (Å²) in [5, 5.41) is 1.00. The monoisotopic (exact) mass is 281 g/mol. The molecule has 94 valence electrons. The second-order valence-electron chi connectivity index (χ2n) is 4.00. The predicted molar refractivity (Wildman–Crippen MR) is 76.4 cm³/mol. The van der Waals surface area contributed by atoms with Gasteiger partial charge in [-0.3, -0.25) is 0 Å². The van der Waals surface area contributed by atoms with Gasteiger partial charge in [-0.25, -0.2) is 0 Å². The lowest BCUT2D eigenvalue weighted by Crippen LogP contribution is -2.00. The van der Waals surface area contributed by atoms with Gasteiger partial charge in [-0.1, -0.05) is 35.3 Å². The van der Waals surface area contributed by atoms with E-state index in [1.54, 1.807) is 18.2 Å². The van der Waals surface area contributed by atoms with Crippen molar-refractivity contribution in [2.45, 2.75) is 13.5 Å². The minimum atomic E-state index is 0.453. The van der Waals surface area contributed by atoms with Crippen LogP contribution in [0.3, 0.4) is 0 Å². The summed E-state index contributed by atoms with van der Waals surface area (Å²) >= 11 is 11.8. The predicted octanol–water partition coefficient (Wildman–Crippen LogP) is 4.46. The van der Waals surface area contributed by atoms with Gasteiger partial charge in [0.15, 0.2) is 0 Å². The van der Waals surface area contributed by atoms with Crippen molar-refractivity contribution in [3.8, 4) is 5.75 Å². The van der Waals surface area contributed by atoms with Crippen LogP contribution in [0.25, 0.3) is 0 Å². The lowest BCUT2D eigenvalue weighted by atomic mass is 10.1. The molecule has 0 radical (unpaired) electrons. The Labute approximate surface area is 116 Å². The maximum Gasteiger partial charge on any atom is 0.121 e. The normalized spacial score (nSPS) is 10.4. The smallest absolute Gasteiger partial charge is 0.121 e. The van der Waals surface area contributed by atoms with E-state index in [0.717, 1.165) is 16.8 Å². The first-order valence-corrected chi connectivity index (χ1v) is 6.25. The molecule has 0 atom stereocenters. The Morgan fingerprint density at radius 3 is 2.61 bits per heavy atom. The van der Waals surface area contributed by atoms with Gasteiger partial charge in [0.1, 0.15) is 12.4 Å². The van der Waals surface area contributed by atoms with E-state index in [1.165, 1.54) is 0 Å². The van der Waals surface area contributed by atoms with Crippen molar-refractivity contribution in [2.75, 3.05) is 5.73 Å². The largest absolute Gasteiger partial charge is 0.489 e. The fourth-order valence-electron chi connectivity index (χ4n) is 1.59. The third-order valence-corrected chi connectivity index (χ3v) is 3.51. The topological polar surface area (TPSA) is 35.2 Å². The summed E-state index contributed by atoms with van der Waals surface area (Å²) in [5.74, 6) is 0.686. The molecule has 0 heterocycles. The number of nitrogen functional groups attached to an aromatic ring is 1. The van der Waals surface area contributed by atoms with Gasteiger partial charge in [0.2, 0.25) is 0 Å². The highest BCUT2D eigenvalue weighted by Gasteiger charge is 2.04. The Bertz CT molecular complexity index is 570. The maximum absolute atomic E-state index is 5.92. The van der Waals surface area contributed by atoms with E-state index in [9.17, 15) is 0 Å². The molecule has 2 aromatic carbocycles. The van der Waals surface area contributed by atoms with Crippen molar-refractivity contribution in [2.24, 2.45) is 0 Å². The fraction of sp³-hybridized carbons (Fsp3) is 0.143. The molecule has 0 amide bonds. The molecule has 0 fully saturated rings. The van der Waals surface area contributed by atoms with Crippen LogP contribution in [-0.4, -0.2) is 0 Å². The number of nitrogens with two attached hydrogens (primary N) is 1. The molecular weight excluding hydrogens is 269 g/mol. The minimum Gasteiger partial charge on any atom is -0.489 e. The second kappa shape index (κ2) is 5.51. The first-order chi connectivity index (χ1) is 8.58. The van der Waals surface area contributed by atoms with Crippen LogP contribution in [0, 0.1) is 6.92 Å². The molecule has 0 aromatic heterocycles. The maximum atomic E-state index is 5.92. The summed E-state index contributed by atoms with van der Waals surface area (Å²) < 4.78 is 5.67. The van der Waals surface area contributed by atoms with Crippen LogP contribution in [0.5, 0.6) is 5.75 Å². The highest BCUT2D eigenvalue weighted by Crippen LogP contribution is 2.27. The van der Waals surface area contributed by atoms with Crippen LogP contribution in [-0.2, 0) is 6.61 Å². The van der Waals surface area contributed by atoms with E-state index >= 15 is 0 Å². The molecule has 2 rings (SSSR count). The molecule has 0 saturated carbocycles. The lowest BCUT2D eigenvalue weighted by Gasteiger charge is -2.10.